The van der Waals surface area contributed by atoms with Crippen LogP contribution in [0.4, 0.5) is 0 Å². The van der Waals surface area contributed by atoms with Gasteiger partial charge in [0.15, 0.2) is 0 Å². The van der Waals surface area contributed by atoms with E-state index in [4.69, 9.17) is 0 Å². The zero-order valence-electron chi connectivity index (χ0n) is 27.5. The van der Waals surface area contributed by atoms with Crippen molar-refractivity contribution in [3.63, 3.8) is 0 Å². The lowest BCUT2D eigenvalue weighted by atomic mass is 9.68. The molecule has 0 spiro atoms. The molecule has 1 unspecified atom stereocenters. The molecule has 0 aromatic carbocycles. The van der Waals surface area contributed by atoms with Crippen LogP contribution in [0.3, 0.4) is 0 Å². The summed E-state index contributed by atoms with van der Waals surface area (Å²) in [5, 5.41) is 0. The van der Waals surface area contributed by atoms with Crippen LogP contribution < -0.4 is 0 Å². The first-order valence-corrected chi connectivity index (χ1v) is 15.2. The molecule has 0 amide bonds. The lowest BCUT2D eigenvalue weighted by Gasteiger charge is -2.36. The van der Waals surface area contributed by atoms with Gasteiger partial charge in [-0.1, -0.05) is 144 Å². The summed E-state index contributed by atoms with van der Waals surface area (Å²) in [6.45, 7) is 22.3. The van der Waals surface area contributed by atoms with Gasteiger partial charge in [-0.2, -0.15) is 0 Å². The molecular formula is C40H58. The molecule has 0 aromatic heterocycles. The van der Waals surface area contributed by atoms with Gasteiger partial charge in [0.2, 0.25) is 0 Å². The minimum atomic E-state index is 0.345. The fourth-order valence-corrected chi connectivity index (χ4v) is 4.85. The molecule has 0 N–H and O–H groups in total. The van der Waals surface area contributed by atoms with E-state index in [9.17, 15) is 0 Å². The van der Waals surface area contributed by atoms with E-state index in [1.807, 2.05) is 0 Å². The Morgan fingerprint density at radius 3 is 1.82 bits per heavy atom. The van der Waals surface area contributed by atoms with Crippen LogP contribution in [0.1, 0.15) is 108 Å². The van der Waals surface area contributed by atoms with Crippen LogP contribution in [0.5, 0.6) is 0 Å². The van der Waals surface area contributed by atoms with Crippen LogP contribution in [0.25, 0.3) is 0 Å². The molecule has 0 heteroatoms. The maximum Gasteiger partial charge on any atom is 0.00285 e. The maximum absolute atomic E-state index is 2.40. The highest BCUT2D eigenvalue weighted by molar-refractivity contribution is 5.32. The second-order valence-corrected chi connectivity index (χ2v) is 12.6. The highest BCUT2D eigenvalue weighted by Gasteiger charge is 2.30. The third-order valence-electron chi connectivity index (χ3n) is 7.55. The minimum absolute atomic E-state index is 0.345. The van der Waals surface area contributed by atoms with Crippen molar-refractivity contribution in [3.05, 3.63) is 130 Å². The fourth-order valence-electron chi connectivity index (χ4n) is 4.85. The molecule has 0 saturated heterocycles. The number of rotatable bonds is 14. The van der Waals surface area contributed by atoms with Crippen molar-refractivity contribution in [2.75, 3.05) is 0 Å². The molecule has 218 valence electrons. The van der Waals surface area contributed by atoms with Crippen molar-refractivity contribution >= 4 is 0 Å². The average molecular weight is 539 g/mol. The Morgan fingerprint density at radius 2 is 1.23 bits per heavy atom. The molecule has 0 fully saturated rings. The van der Waals surface area contributed by atoms with E-state index in [2.05, 4.69) is 160 Å². The SMILES string of the molecule is CC(C)=CCC/C(C)=C/CC/C(C)=C/C=C/C(C)=C/C=C/C=C(C)/C=C/C=C(C)/C=C/C1C(C)=CCCC1(C)C. The molecular weight excluding hydrogens is 480 g/mol. The standard InChI is InChI=1S/C40H58/c1-32(2)18-13-21-35(5)24-15-26-36(6)25-14-22-33(3)19-11-12-20-34(4)23-16-27-37(7)29-30-39-38(8)28-17-31-40(39,9)10/h11-12,14,16,18-20,22-25,27-30,39H,13,15,17,21,26,31H2,1-10H3/b12-11+,22-14+,23-16+,30-29+,33-19+,34-20+,35-24+,36-25+,37-27+. The molecule has 0 radical (unpaired) electrons. The van der Waals surface area contributed by atoms with Gasteiger partial charge in [0.25, 0.3) is 0 Å². The lowest BCUT2D eigenvalue weighted by molar-refractivity contribution is 0.255. The van der Waals surface area contributed by atoms with Crippen LogP contribution in [-0.4, -0.2) is 0 Å². The van der Waals surface area contributed by atoms with E-state index in [0.717, 1.165) is 19.3 Å². The molecule has 1 aliphatic rings. The summed E-state index contributed by atoms with van der Waals surface area (Å²) in [7, 11) is 0. The zero-order chi connectivity index (χ0) is 30.0. The van der Waals surface area contributed by atoms with Crippen molar-refractivity contribution in [1.29, 1.82) is 0 Å². The number of allylic oxidation sites excluding steroid dienone is 22. The summed E-state index contributed by atoms with van der Waals surface area (Å²) >= 11 is 0. The van der Waals surface area contributed by atoms with Gasteiger partial charge in [0.1, 0.15) is 0 Å². The second kappa shape index (κ2) is 19.3. The summed E-state index contributed by atoms with van der Waals surface area (Å²) in [5.41, 5.74) is 9.94. The van der Waals surface area contributed by atoms with Crippen LogP contribution in [0, 0.1) is 11.3 Å². The van der Waals surface area contributed by atoms with Gasteiger partial charge in [0, 0.05) is 5.92 Å². The first kappa shape index (κ1) is 35.2. The van der Waals surface area contributed by atoms with Gasteiger partial charge in [-0.3, -0.25) is 0 Å². The second-order valence-electron chi connectivity index (χ2n) is 12.6. The Bertz CT molecular complexity index is 1120. The molecule has 0 saturated carbocycles. The monoisotopic (exact) mass is 538 g/mol. The third-order valence-corrected chi connectivity index (χ3v) is 7.55. The first-order chi connectivity index (χ1) is 18.9. The smallest absolute Gasteiger partial charge is 0.00285 e. The topological polar surface area (TPSA) is 0 Å². The van der Waals surface area contributed by atoms with Crippen LogP contribution >= 0.6 is 0 Å². The highest BCUT2D eigenvalue weighted by Crippen LogP contribution is 2.41. The Labute approximate surface area is 248 Å². The summed E-state index contributed by atoms with van der Waals surface area (Å²) < 4.78 is 0. The Morgan fingerprint density at radius 1 is 0.700 bits per heavy atom. The summed E-state index contributed by atoms with van der Waals surface area (Å²) in [5.74, 6) is 0.533. The van der Waals surface area contributed by atoms with Crippen LogP contribution in [0.15, 0.2) is 130 Å². The van der Waals surface area contributed by atoms with Gasteiger partial charge in [0.05, 0.1) is 0 Å². The third kappa shape index (κ3) is 16.3. The Kier molecular flexibility index (Phi) is 16.9. The predicted octanol–water partition coefficient (Wildman–Crippen LogP) is 12.9. The van der Waals surface area contributed by atoms with Crippen LogP contribution in [0.2, 0.25) is 0 Å². The lowest BCUT2D eigenvalue weighted by Crippen LogP contribution is -2.26. The quantitative estimate of drug-likeness (QED) is 0.152. The van der Waals surface area contributed by atoms with E-state index in [1.165, 1.54) is 58.3 Å². The molecule has 0 bridgehead atoms. The molecule has 40 heavy (non-hydrogen) atoms. The van der Waals surface area contributed by atoms with Crippen molar-refractivity contribution in [3.8, 4) is 0 Å². The summed E-state index contributed by atoms with van der Waals surface area (Å²) in [6.07, 6.45) is 40.5. The number of hydrogen-bond donors (Lipinski definition) is 0. The first-order valence-electron chi connectivity index (χ1n) is 15.2. The van der Waals surface area contributed by atoms with Gasteiger partial charge in [-0.15, -0.1) is 0 Å². The largest absolute Gasteiger partial charge is 0.0856 e. The van der Waals surface area contributed by atoms with Crippen LogP contribution in [-0.2, 0) is 0 Å². The van der Waals surface area contributed by atoms with E-state index in [-0.39, 0.29) is 0 Å². The van der Waals surface area contributed by atoms with Gasteiger partial charge >= 0.3 is 0 Å². The van der Waals surface area contributed by atoms with E-state index in [0.29, 0.717) is 11.3 Å². The molecule has 1 aliphatic carbocycles. The van der Waals surface area contributed by atoms with Crippen molar-refractivity contribution in [2.24, 2.45) is 11.3 Å². The van der Waals surface area contributed by atoms with Crippen molar-refractivity contribution in [2.45, 2.75) is 108 Å². The molecule has 0 nitrogen and oxygen atoms in total. The highest BCUT2D eigenvalue weighted by atomic mass is 14.3. The van der Waals surface area contributed by atoms with E-state index < -0.39 is 0 Å². The molecule has 0 heterocycles. The zero-order valence-corrected chi connectivity index (χ0v) is 27.5. The maximum atomic E-state index is 2.40. The average Bonchev–Trinajstić information content (AvgIpc) is 2.85. The molecule has 0 aromatic rings. The normalized spacial score (nSPS) is 19.9. The molecule has 1 rings (SSSR count). The van der Waals surface area contributed by atoms with Crippen molar-refractivity contribution < 1.29 is 0 Å². The predicted molar refractivity (Wildman–Crippen MR) is 184 cm³/mol. The van der Waals surface area contributed by atoms with E-state index in [1.54, 1.807) is 0 Å². The summed E-state index contributed by atoms with van der Waals surface area (Å²) in [6, 6.07) is 0. The molecule has 1 atom stereocenters. The van der Waals surface area contributed by atoms with E-state index >= 15 is 0 Å². The Hall–Kier alpha value is -2.86. The van der Waals surface area contributed by atoms with Crippen molar-refractivity contribution in [1.82, 2.24) is 0 Å². The minimum Gasteiger partial charge on any atom is -0.0856 e. The Balaban J connectivity index is 2.51. The number of hydrogen-bond acceptors (Lipinski definition) is 0. The molecule has 0 aliphatic heterocycles. The summed E-state index contributed by atoms with van der Waals surface area (Å²) in [4.78, 5) is 0. The van der Waals surface area contributed by atoms with Gasteiger partial charge in [-0.25, -0.2) is 0 Å². The van der Waals surface area contributed by atoms with Gasteiger partial charge in [-0.05, 0) is 99.3 Å². The van der Waals surface area contributed by atoms with Gasteiger partial charge < -0.3 is 0 Å². The fraction of sp³-hybridized carbons (Fsp3) is 0.450.